The van der Waals surface area contributed by atoms with Crippen molar-refractivity contribution >= 4 is 16.8 Å². The Morgan fingerprint density at radius 2 is 2.24 bits per heavy atom. The molecule has 1 heterocycles. The predicted molar refractivity (Wildman–Crippen MR) is 68.0 cm³/mol. The fourth-order valence-corrected chi connectivity index (χ4v) is 1.98. The molecule has 3 rings (SSSR count). The van der Waals surface area contributed by atoms with Gasteiger partial charge in [-0.05, 0) is 42.5 Å². The van der Waals surface area contributed by atoms with Crippen molar-refractivity contribution in [3.8, 4) is 0 Å². The van der Waals surface area contributed by atoms with Gasteiger partial charge in [-0.3, -0.25) is 4.79 Å². The second-order valence-corrected chi connectivity index (χ2v) is 5.27. The number of carbonyl (C=O) groups excluding carboxylic acids is 1. The summed E-state index contributed by atoms with van der Waals surface area (Å²) >= 11 is 0. The molecule has 0 aliphatic heterocycles. The Balaban J connectivity index is 1.75. The van der Waals surface area contributed by atoms with Crippen molar-refractivity contribution in [1.82, 2.24) is 10.3 Å². The maximum Gasteiger partial charge on any atom is 0.251 e. The van der Waals surface area contributed by atoms with Gasteiger partial charge in [0.05, 0.1) is 0 Å². The number of carbonyl (C=O) groups is 1. The van der Waals surface area contributed by atoms with Crippen LogP contribution in [-0.4, -0.2) is 17.4 Å². The highest BCUT2D eigenvalue weighted by atomic mass is 16.1. The molecule has 2 aromatic rings. The van der Waals surface area contributed by atoms with Crippen LogP contribution in [0, 0.1) is 5.41 Å². The van der Waals surface area contributed by atoms with Crippen molar-refractivity contribution in [2.45, 2.75) is 19.8 Å². The molecule has 0 radical (unpaired) electrons. The van der Waals surface area contributed by atoms with E-state index in [0.29, 0.717) is 5.41 Å². The van der Waals surface area contributed by atoms with Crippen molar-refractivity contribution in [2.75, 3.05) is 6.54 Å². The minimum absolute atomic E-state index is 0.0289. The summed E-state index contributed by atoms with van der Waals surface area (Å²) in [6.45, 7) is 3.00. The van der Waals surface area contributed by atoms with Gasteiger partial charge in [-0.2, -0.15) is 0 Å². The lowest BCUT2D eigenvalue weighted by Gasteiger charge is -2.10. The van der Waals surface area contributed by atoms with Gasteiger partial charge in [0.2, 0.25) is 0 Å². The minimum atomic E-state index is 0.0289. The average molecular weight is 228 g/mol. The number of fused-ring (bicyclic) bond motifs is 1. The number of amides is 1. The minimum Gasteiger partial charge on any atom is -0.361 e. The first kappa shape index (κ1) is 10.4. The van der Waals surface area contributed by atoms with E-state index in [2.05, 4.69) is 17.2 Å². The van der Waals surface area contributed by atoms with Gasteiger partial charge in [-0.25, -0.2) is 0 Å². The van der Waals surface area contributed by atoms with Gasteiger partial charge < -0.3 is 10.3 Å². The molecule has 1 aromatic heterocycles. The zero-order valence-electron chi connectivity index (χ0n) is 9.92. The number of hydrogen-bond acceptors (Lipinski definition) is 1. The lowest BCUT2D eigenvalue weighted by atomic mass is 10.1. The van der Waals surface area contributed by atoms with Crippen LogP contribution in [0.4, 0.5) is 0 Å². The lowest BCUT2D eigenvalue weighted by Crippen LogP contribution is -2.28. The van der Waals surface area contributed by atoms with E-state index in [1.54, 1.807) is 0 Å². The predicted octanol–water partition coefficient (Wildman–Crippen LogP) is 2.70. The Kier molecular flexibility index (Phi) is 2.21. The number of aromatic amines is 1. The molecule has 0 bridgehead atoms. The van der Waals surface area contributed by atoms with Crippen LogP contribution < -0.4 is 5.32 Å². The number of rotatable bonds is 3. The first-order valence-electron chi connectivity index (χ1n) is 6.02. The normalized spacial score (nSPS) is 17.0. The van der Waals surface area contributed by atoms with Gasteiger partial charge in [-0.1, -0.05) is 6.92 Å². The van der Waals surface area contributed by atoms with Crippen LogP contribution in [0.25, 0.3) is 10.9 Å². The van der Waals surface area contributed by atoms with E-state index >= 15 is 0 Å². The third-order valence-electron chi connectivity index (χ3n) is 3.59. The van der Waals surface area contributed by atoms with Crippen LogP contribution in [0.3, 0.4) is 0 Å². The summed E-state index contributed by atoms with van der Waals surface area (Å²) in [7, 11) is 0. The van der Waals surface area contributed by atoms with E-state index in [1.165, 1.54) is 12.8 Å². The molecule has 88 valence electrons. The van der Waals surface area contributed by atoms with Crippen molar-refractivity contribution in [2.24, 2.45) is 5.41 Å². The summed E-state index contributed by atoms with van der Waals surface area (Å²) in [6.07, 6.45) is 4.34. The summed E-state index contributed by atoms with van der Waals surface area (Å²) < 4.78 is 0. The molecule has 0 spiro atoms. The molecule has 1 aliphatic carbocycles. The van der Waals surface area contributed by atoms with Crippen LogP contribution >= 0.6 is 0 Å². The van der Waals surface area contributed by atoms with Crippen molar-refractivity contribution in [3.63, 3.8) is 0 Å². The highest BCUT2D eigenvalue weighted by Gasteiger charge is 2.37. The van der Waals surface area contributed by atoms with Crippen LogP contribution in [-0.2, 0) is 0 Å². The monoisotopic (exact) mass is 228 g/mol. The number of benzene rings is 1. The molecule has 1 aromatic carbocycles. The first-order valence-corrected chi connectivity index (χ1v) is 6.02. The molecule has 1 aliphatic rings. The van der Waals surface area contributed by atoms with E-state index in [4.69, 9.17) is 0 Å². The summed E-state index contributed by atoms with van der Waals surface area (Å²) in [5.41, 5.74) is 2.16. The molecule has 0 atom stereocenters. The second-order valence-electron chi connectivity index (χ2n) is 5.27. The number of hydrogen-bond donors (Lipinski definition) is 2. The Bertz CT molecular complexity index is 566. The molecule has 3 nitrogen and oxygen atoms in total. The first-order chi connectivity index (χ1) is 8.16. The second kappa shape index (κ2) is 3.62. The van der Waals surface area contributed by atoms with Gasteiger partial charge in [0.1, 0.15) is 0 Å². The maximum absolute atomic E-state index is 12.0. The van der Waals surface area contributed by atoms with E-state index in [-0.39, 0.29) is 5.91 Å². The van der Waals surface area contributed by atoms with Crippen LogP contribution in [0.2, 0.25) is 0 Å². The molecule has 1 fully saturated rings. The Hall–Kier alpha value is -1.77. The Morgan fingerprint density at radius 3 is 3.00 bits per heavy atom. The van der Waals surface area contributed by atoms with Gasteiger partial charge in [0.15, 0.2) is 0 Å². The quantitative estimate of drug-likeness (QED) is 0.833. The zero-order valence-corrected chi connectivity index (χ0v) is 9.92. The molecule has 1 saturated carbocycles. The molecule has 17 heavy (non-hydrogen) atoms. The van der Waals surface area contributed by atoms with Crippen molar-refractivity contribution < 1.29 is 4.79 Å². The van der Waals surface area contributed by atoms with Crippen LogP contribution in [0.15, 0.2) is 30.5 Å². The van der Waals surface area contributed by atoms with E-state index in [1.807, 2.05) is 30.5 Å². The Labute approximate surface area is 100 Å². The highest BCUT2D eigenvalue weighted by molar-refractivity contribution is 5.98. The van der Waals surface area contributed by atoms with E-state index < -0.39 is 0 Å². The van der Waals surface area contributed by atoms with Gasteiger partial charge in [0, 0.05) is 29.2 Å². The summed E-state index contributed by atoms with van der Waals surface area (Å²) in [4.78, 5) is 15.1. The molecule has 0 saturated heterocycles. The molecule has 2 N–H and O–H groups in total. The van der Waals surface area contributed by atoms with Gasteiger partial charge in [0.25, 0.3) is 5.91 Å². The largest absolute Gasteiger partial charge is 0.361 e. The Morgan fingerprint density at radius 1 is 1.41 bits per heavy atom. The summed E-state index contributed by atoms with van der Waals surface area (Å²) in [5, 5.41) is 4.09. The molecule has 0 unspecified atom stereocenters. The van der Waals surface area contributed by atoms with Crippen molar-refractivity contribution in [1.29, 1.82) is 0 Å². The van der Waals surface area contributed by atoms with Crippen LogP contribution in [0.5, 0.6) is 0 Å². The third kappa shape index (κ3) is 2.05. The molecule has 1 amide bonds. The standard InChI is InChI=1S/C14H16N2O/c1-14(5-6-14)9-16-13(17)11-2-3-12-10(8-11)4-7-15-12/h2-4,7-8,15H,5-6,9H2,1H3,(H,16,17). The highest BCUT2D eigenvalue weighted by Crippen LogP contribution is 2.44. The van der Waals surface area contributed by atoms with Crippen LogP contribution in [0.1, 0.15) is 30.1 Å². The summed E-state index contributed by atoms with van der Waals surface area (Å²) in [6, 6.07) is 7.72. The average Bonchev–Trinajstić information content (AvgIpc) is 2.90. The lowest BCUT2D eigenvalue weighted by molar-refractivity contribution is 0.0946. The smallest absolute Gasteiger partial charge is 0.251 e. The fraction of sp³-hybridized carbons (Fsp3) is 0.357. The zero-order chi connectivity index (χ0) is 11.9. The molecule has 3 heteroatoms. The van der Waals surface area contributed by atoms with Crippen molar-refractivity contribution in [3.05, 3.63) is 36.0 Å². The number of H-pyrrole nitrogens is 1. The van der Waals surface area contributed by atoms with Gasteiger partial charge >= 0.3 is 0 Å². The molecular formula is C14H16N2O. The topological polar surface area (TPSA) is 44.9 Å². The maximum atomic E-state index is 12.0. The van der Waals surface area contributed by atoms with E-state index in [0.717, 1.165) is 23.0 Å². The van der Waals surface area contributed by atoms with Gasteiger partial charge in [-0.15, -0.1) is 0 Å². The third-order valence-corrected chi connectivity index (χ3v) is 3.59. The number of aromatic nitrogens is 1. The molecular weight excluding hydrogens is 212 g/mol. The fourth-order valence-electron chi connectivity index (χ4n) is 1.98. The SMILES string of the molecule is CC1(CNC(=O)c2ccc3[nH]ccc3c2)CC1. The number of nitrogens with one attached hydrogen (secondary N) is 2. The summed E-state index contributed by atoms with van der Waals surface area (Å²) in [5.74, 6) is 0.0289. The van der Waals surface area contributed by atoms with E-state index in [9.17, 15) is 4.79 Å².